The Morgan fingerprint density at radius 1 is 0.857 bits per heavy atom. The normalized spacial score (nSPS) is 15.6. The number of amides is 1. The van der Waals surface area contributed by atoms with Crippen molar-refractivity contribution in [2.45, 2.75) is 76.7 Å². The molecule has 1 amide bonds. The van der Waals surface area contributed by atoms with Crippen LogP contribution >= 0.6 is 0 Å². The molecule has 0 unspecified atom stereocenters. The molecule has 3 rings (SSSR count). The van der Waals surface area contributed by atoms with Crippen molar-refractivity contribution in [1.29, 1.82) is 0 Å². The molecule has 0 bridgehead atoms. The van der Waals surface area contributed by atoms with Gasteiger partial charge in [0.1, 0.15) is 19.3 Å². The SMILES string of the molecule is N[C@@H](CC(=O)OCc1ccccc1)C(=O)N[C@@H](CCC1CCCCC1)C(=O)OCc1ccccc1. The van der Waals surface area contributed by atoms with Crippen LogP contribution in [-0.2, 0) is 37.1 Å². The van der Waals surface area contributed by atoms with Crippen LogP contribution in [0.1, 0.15) is 62.5 Å². The van der Waals surface area contributed by atoms with Crippen LogP contribution in [-0.4, -0.2) is 29.9 Å². The Morgan fingerprint density at radius 2 is 1.43 bits per heavy atom. The largest absolute Gasteiger partial charge is 0.461 e. The highest BCUT2D eigenvalue weighted by molar-refractivity contribution is 5.90. The number of hydrogen-bond acceptors (Lipinski definition) is 6. The lowest BCUT2D eigenvalue weighted by atomic mass is 9.85. The van der Waals surface area contributed by atoms with Crippen LogP contribution in [0.3, 0.4) is 0 Å². The zero-order valence-electron chi connectivity index (χ0n) is 20.2. The highest BCUT2D eigenvalue weighted by atomic mass is 16.5. The molecule has 0 saturated heterocycles. The Kier molecular flexibility index (Phi) is 10.8. The number of nitrogens with one attached hydrogen (secondary N) is 1. The van der Waals surface area contributed by atoms with Gasteiger partial charge in [-0.2, -0.15) is 0 Å². The number of benzene rings is 2. The summed E-state index contributed by atoms with van der Waals surface area (Å²) in [4.78, 5) is 37.8. The van der Waals surface area contributed by atoms with E-state index in [4.69, 9.17) is 15.2 Å². The number of ether oxygens (including phenoxy) is 2. The van der Waals surface area contributed by atoms with Gasteiger partial charge < -0.3 is 20.5 Å². The van der Waals surface area contributed by atoms with Crippen LogP contribution in [0, 0.1) is 5.92 Å². The van der Waals surface area contributed by atoms with Crippen LogP contribution < -0.4 is 11.1 Å². The predicted molar refractivity (Wildman–Crippen MR) is 133 cm³/mol. The first-order chi connectivity index (χ1) is 17.0. The summed E-state index contributed by atoms with van der Waals surface area (Å²) < 4.78 is 10.7. The van der Waals surface area contributed by atoms with Crippen LogP contribution in [0.4, 0.5) is 0 Å². The quantitative estimate of drug-likeness (QED) is 0.444. The van der Waals surface area contributed by atoms with E-state index in [-0.39, 0.29) is 19.6 Å². The van der Waals surface area contributed by atoms with Gasteiger partial charge in [0.25, 0.3) is 0 Å². The first-order valence-electron chi connectivity index (χ1n) is 12.5. The molecule has 1 aliphatic rings. The molecule has 1 fully saturated rings. The van der Waals surface area contributed by atoms with Gasteiger partial charge in [-0.1, -0.05) is 92.8 Å². The summed E-state index contributed by atoms with van der Waals surface area (Å²) in [6, 6.07) is 16.8. The maximum Gasteiger partial charge on any atom is 0.328 e. The van der Waals surface area contributed by atoms with Crippen LogP contribution in [0.25, 0.3) is 0 Å². The Morgan fingerprint density at radius 3 is 2.03 bits per heavy atom. The average molecular weight is 481 g/mol. The van der Waals surface area contributed by atoms with Gasteiger partial charge in [-0.05, 0) is 29.9 Å². The van der Waals surface area contributed by atoms with Gasteiger partial charge in [-0.15, -0.1) is 0 Å². The molecule has 2 aromatic rings. The maximum atomic E-state index is 12.9. The lowest BCUT2D eigenvalue weighted by Crippen LogP contribution is -2.49. The highest BCUT2D eigenvalue weighted by Gasteiger charge is 2.27. The first-order valence-corrected chi connectivity index (χ1v) is 12.5. The summed E-state index contributed by atoms with van der Waals surface area (Å²) >= 11 is 0. The van der Waals surface area contributed by atoms with E-state index in [0.717, 1.165) is 30.4 Å². The molecule has 35 heavy (non-hydrogen) atoms. The number of rotatable bonds is 12. The predicted octanol–water partition coefficient (Wildman–Crippen LogP) is 4.04. The van der Waals surface area contributed by atoms with E-state index in [1.165, 1.54) is 19.3 Å². The third-order valence-corrected chi connectivity index (χ3v) is 6.38. The minimum Gasteiger partial charge on any atom is -0.461 e. The van der Waals surface area contributed by atoms with Gasteiger partial charge in [0, 0.05) is 0 Å². The van der Waals surface area contributed by atoms with Gasteiger partial charge in [0.15, 0.2) is 0 Å². The van der Waals surface area contributed by atoms with Crippen LogP contribution in [0.2, 0.25) is 0 Å². The second-order valence-corrected chi connectivity index (χ2v) is 9.19. The third kappa shape index (κ3) is 9.53. The Bertz CT molecular complexity index is 929. The van der Waals surface area contributed by atoms with Gasteiger partial charge in [0.2, 0.25) is 5.91 Å². The molecular formula is C28H36N2O5. The molecular weight excluding hydrogens is 444 g/mol. The van der Waals surface area contributed by atoms with Gasteiger partial charge in [-0.25, -0.2) is 4.79 Å². The van der Waals surface area contributed by atoms with Crippen molar-refractivity contribution in [2.75, 3.05) is 0 Å². The minimum absolute atomic E-state index is 0.115. The third-order valence-electron chi connectivity index (χ3n) is 6.38. The topological polar surface area (TPSA) is 108 Å². The van der Waals surface area contributed by atoms with E-state index in [9.17, 15) is 14.4 Å². The van der Waals surface area contributed by atoms with Crippen molar-refractivity contribution in [1.82, 2.24) is 5.32 Å². The molecule has 0 aliphatic heterocycles. The van der Waals surface area contributed by atoms with Crippen molar-refractivity contribution in [2.24, 2.45) is 11.7 Å². The summed E-state index contributed by atoms with van der Waals surface area (Å²) in [6.07, 6.45) is 7.00. The fourth-order valence-corrected chi connectivity index (χ4v) is 4.30. The molecule has 1 saturated carbocycles. The number of hydrogen-bond donors (Lipinski definition) is 2. The first kappa shape index (κ1) is 26.4. The van der Waals surface area contributed by atoms with Crippen LogP contribution in [0.5, 0.6) is 0 Å². The van der Waals surface area contributed by atoms with E-state index < -0.39 is 29.9 Å². The van der Waals surface area contributed by atoms with Gasteiger partial charge in [0.05, 0.1) is 12.5 Å². The zero-order valence-corrected chi connectivity index (χ0v) is 20.2. The monoisotopic (exact) mass is 480 g/mol. The molecule has 0 radical (unpaired) electrons. The molecule has 0 aromatic heterocycles. The van der Waals surface area contributed by atoms with Crippen molar-refractivity contribution >= 4 is 17.8 Å². The minimum atomic E-state index is -1.11. The molecule has 7 heteroatoms. The van der Waals surface area contributed by atoms with E-state index in [1.54, 1.807) is 0 Å². The molecule has 0 spiro atoms. The van der Waals surface area contributed by atoms with Gasteiger partial charge >= 0.3 is 11.9 Å². The summed E-state index contributed by atoms with van der Waals surface area (Å²) in [6.45, 7) is 0.247. The number of carbonyl (C=O) groups is 3. The maximum absolute atomic E-state index is 12.9. The molecule has 7 nitrogen and oxygen atoms in total. The van der Waals surface area contributed by atoms with Gasteiger partial charge in [-0.3, -0.25) is 9.59 Å². The molecule has 0 heterocycles. The van der Waals surface area contributed by atoms with Crippen molar-refractivity contribution in [3.8, 4) is 0 Å². The number of esters is 2. The lowest BCUT2D eigenvalue weighted by Gasteiger charge is -2.25. The van der Waals surface area contributed by atoms with Crippen molar-refractivity contribution < 1.29 is 23.9 Å². The van der Waals surface area contributed by atoms with Crippen molar-refractivity contribution in [3.05, 3.63) is 71.8 Å². The van der Waals surface area contributed by atoms with E-state index in [2.05, 4.69) is 5.32 Å². The van der Waals surface area contributed by atoms with E-state index in [0.29, 0.717) is 12.3 Å². The molecule has 2 aromatic carbocycles. The Balaban J connectivity index is 1.51. The summed E-state index contributed by atoms with van der Waals surface area (Å²) in [5, 5.41) is 2.73. The Hall–Kier alpha value is -3.19. The molecule has 1 aliphatic carbocycles. The average Bonchev–Trinajstić information content (AvgIpc) is 2.90. The smallest absolute Gasteiger partial charge is 0.328 e. The second-order valence-electron chi connectivity index (χ2n) is 9.19. The zero-order chi connectivity index (χ0) is 24.9. The molecule has 2 atom stereocenters. The summed E-state index contributed by atoms with van der Waals surface area (Å²) in [5.74, 6) is -1.07. The number of nitrogens with two attached hydrogens (primary N) is 1. The summed E-state index contributed by atoms with van der Waals surface area (Å²) in [7, 11) is 0. The van der Waals surface area contributed by atoms with E-state index in [1.807, 2.05) is 60.7 Å². The standard InChI is InChI=1S/C28H36N2O5/c29-24(18-26(31)34-19-22-12-6-2-7-13-22)27(32)30-25(17-16-21-10-4-1-5-11-21)28(33)35-20-23-14-8-3-9-15-23/h2-3,6-9,12-15,21,24-25H,1,4-5,10-11,16-20,29H2,(H,30,32)/t24-,25-/m0/s1. The fourth-order valence-electron chi connectivity index (χ4n) is 4.30. The van der Waals surface area contributed by atoms with Crippen LogP contribution in [0.15, 0.2) is 60.7 Å². The Labute approximate surface area is 207 Å². The molecule has 3 N–H and O–H groups in total. The van der Waals surface area contributed by atoms with E-state index >= 15 is 0 Å². The number of carbonyl (C=O) groups excluding carboxylic acids is 3. The second kappa shape index (κ2) is 14.3. The fraction of sp³-hybridized carbons (Fsp3) is 0.464. The molecule has 188 valence electrons. The summed E-state index contributed by atoms with van der Waals surface area (Å²) in [5.41, 5.74) is 7.70. The highest BCUT2D eigenvalue weighted by Crippen LogP contribution is 2.28. The van der Waals surface area contributed by atoms with Crippen molar-refractivity contribution in [3.63, 3.8) is 0 Å². The lowest BCUT2D eigenvalue weighted by molar-refractivity contribution is -0.150.